The summed E-state index contributed by atoms with van der Waals surface area (Å²) in [5.41, 5.74) is 4.15. The van der Waals surface area contributed by atoms with Crippen molar-refractivity contribution in [3.63, 3.8) is 0 Å². The van der Waals surface area contributed by atoms with Crippen molar-refractivity contribution in [2.45, 2.75) is 33.6 Å². The van der Waals surface area contributed by atoms with Crippen molar-refractivity contribution in [3.8, 4) is 22.6 Å². The molecule has 0 saturated heterocycles. The maximum atomic E-state index is 12.8. The third-order valence-electron chi connectivity index (χ3n) is 4.70. The van der Waals surface area contributed by atoms with Gasteiger partial charge in [-0.05, 0) is 69.5 Å². The Kier molecular flexibility index (Phi) is 6.55. The van der Waals surface area contributed by atoms with Gasteiger partial charge in [-0.25, -0.2) is 0 Å². The number of benzene rings is 2. The Hall–Kier alpha value is -3.27. The maximum absolute atomic E-state index is 12.8. The summed E-state index contributed by atoms with van der Waals surface area (Å²) in [4.78, 5) is 12.8. The summed E-state index contributed by atoms with van der Waals surface area (Å²) in [6.07, 6.45) is 7.81. The molecule has 1 N–H and O–H groups in total. The van der Waals surface area contributed by atoms with E-state index >= 15 is 0 Å². The van der Waals surface area contributed by atoms with Gasteiger partial charge >= 0.3 is 0 Å². The highest BCUT2D eigenvalue weighted by Crippen LogP contribution is 2.24. The molecule has 0 atom stereocenters. The van der Waals surface area contributed by atoms with Crippen LogP contribution >= 0.6 is 0 Å². The zero-order chi connectivity index (χ0) is 20.8. The third-order valence-corrected chi connectivity index (χ3v) is 4.70. The topological polar surface area (TPSA) is 59.7 Å². The SMILES string of the molecule is CC(C)=CCCC(C)=CCOc1ccc2c(=O)c(-c3ccc(O)cc3)coc2c1. The molecule has 1 heterocycles. The largest absolute Gasteiger partial charge is 0.508 e. The van der Waals surface area contributed by atoms with Gasteiger partial charge in [-0.1, -0.05) is 29.4 Å². The summed E-state index contributed by atoms with van der Waals surface area (Å²) in [5, 5.41) is 9.92. The van der Waals surface area contributed by atoms with Gasteiger partial charge < -0.3 is 14.3 Å². The summed E-state index contributed by atoms with van der Waals surface area (Å²) in [6.45, 7) is 6.79. The van der Waals surface area contributed by atoms with Gasteiger partial charge in [0.05, 0.1) is 10.9 Å². The molecule has 0 saturated carbocycles. The zero-order valence-electron chi connectivity index (χ0n) is 17.1. The summed E-state index contributed by atoms with van der Waals surface area (Å²) < 4.78 is 11.5. The molecule has 0 spiro atoms. The third kappa shape index (κ3) is 5.38. The van der Waals surface area contributed by atoms with Crippen molar-refractivity contribution in [1.82, 2.24) is 0 Å². The van der Waals surface area contributed by atoms with Crippen molar-refractivity contribution in [2.24, 2.45) is 0 Å². The second-order valence-corrected chi connectivity index (χ2v) is 7.36. The van der Waals surface area contributed by atoms with E-state index in [-0.39, 0.29) is 11.2 Å². The Balaban J connectivity index is 1.72. The van der Waals surface area contributed by atoms with E-state index in [0.29, 0.717) is 34.5 Å². The Labute approximate surface area is 170 Å². The predicted molar refractivity (Wildman–Crippen MR) is 118 cm³/mol. The van der Waals surface area contributed by atoms with Gasteiger partial charge in [0, 0.05) is 6.07 Å². The highest BCUT2D eigenvalue weighted by Gasteiger charge is 2.10. The minimum absolute atomic E-state index is 0.112. The highest BCUT2D eigenvalue weighted by molar-refractivity contribution is 5.82. The lowest BCUT2D eigenvalue weighted by Crippen LogP contribution is -2.05. The van der Waals surface area contributed by atoms with Crippen LogP contribution in [0.25, 0.3) is 22.1 Å². The lowest BCUT2D eigenvalue weighted by Gasteiger charge is -2.07. The normalized spacial score (nSPS) is 11.5. The summed E-state index contributed by atoms with van der Waals surface area (Å²) in [7, 11) is 0. The monoisotopic (exact) mass is 390 g/mol. The molecule has 0 radical (unpaired) electrons. The molecule has 29 heavy (non-hydrogen) atoms. The molecule has 0 aliphatic rings. The van der Waals surface area contributed by atoms with Crippen molar-refractivity contribution in [3.05, 3.63) is 82.2 Å². The minimum atomic E-state index is -0.112. The number of phenolic OH excluding ortho intramolecular Hbond substituents is 1. The van der Waals surface area contributed by atoms with Crippen LogP contribution in [0.1, 0.15) is 33.6 Å². The number of hydrogen-bond acceptors (Lipinski definition) is 4. The number of rotatable bonds is 7. The molecule has 4 nitrogen and oxygen atoms in total. The molecule has 3 rings (SSSR count). The Morgan fingerprint density at radius 1 is 1.07 bits per heavy atom. The van der Waals surface area contributed by atoms with Gasteiger partial charge in [-0.2, -0.15) is 0 Å². The molecule has 0 aliphatic carbocycles. The lowest BCUT2D eigenvalue weighted by molar-refractivity contribution is 0.361. The molecule has 1 aromatic heterocycles. The van der Waals surface area contributed by atoms with E-state index in [1.807, 2.05) is 0 Å². The van der Waals surface area contributed by atoms with Crippen LogP contribution in [-0.4, -0.2) is 11.7 Å². The van der Waals surface area contributed by atoms with Gasteiger partial charge in [0.2, 0.25) is 0 Å². The first kappa shape index (κ1) is 20.5. The number of fused-ring (bicyclic) bond motifs is 1. The van der Waals surface area contributed by atoms with Gasteiger partial charge in [-0.3, -0.25) is 4.79 Å². The minimum Gasteiger partial charge on any atom is -0.508 e. The molecular formula is C25H26O4. The molecule has 150 valence electrons. The first-order valence-corrected chi connectivity index (χ1v) is 9.71. The second-order valence-electron chi connectivity index (χ2n) is 7.36. The van der Waals surface area contributed by atoms with Crippen LogP contribution in [0.4, 0.5) is 0 Å². The molecule has 0 amide bonds. The van der Waals surface area contributed by atoms with E-state index in [1.54, 1.807) is 42.5 Å². The standard InChI is InChI=1S/C25H26O4/c1-17(2)5-4-6-18(3)13-14-28-21-11-12-22-24(15-21)29-16-23(25(22)27)19-7-9-20(26)10-8-19/h5,7-13,15-16,26H,4,6,14H2,1-3H3. The van der Waals surface area contributed by atoms with Gasteiger partial charge in [0.15, 0.2) is 5.43 Å². The van der Waals surface area contributed by atoms with E-state index in [4.69, 9.17) is 9.15 Å². The molecular weight excluding hydrogens is 364 g/mol. The van der Waals surface area contributed by atoms with E-state index in [9.17, 15) is 9.90 Å². The van der Waals surface area contributed by atoms with Crippen LogP contribution in [0.3, 0.4) is 0 Å². The number of ether oxygens (including phenoxy) is 1. The fourth-order valence-corrected chi connectivity index (χ4v) is 3.01. The molecule has 2 aromatic carbocycles. The fraction of sp³-hybridized carbons (Fsp3) is 0.240. The number of aromatic hydroxyl groups is 1. The summed E-state index contributed by atoms with van der Waals surface area (Å²) in [5.74, 6) is 0.813. The molecule has 0 fully saturated rings. The Morgan fingerprint density at radius 3 is 2.55 bits per heavy atom. The van der Waals surface area contributed by atoms with Gasteiger partial charge in [0.25, 0.3) is 0 Å². The van der Waals surface area contributed by atoms with Gasteiger partial charge in [-0.15, -0.1) is 0 Å². The van der Waals surface area contributed by atoms with Crippen molar-refractivity contribution in [1.29, 1.82) is 0 Å². The first-order chi connectivity index (χ1) is 13.9. The van der Waals surface area contributed by atoms with Crippen LogP contribution < -0.4 is 10.2 Å². The van der Waals surface area contributed by atoms with Crippen LogP contribution in [0.15, 0.2) is 81.2 Å². The lowest BCUT2D eigenvalue weighted by atomic mass is 10.1. The first-order valence-electron chi connectivity index (χ1n) is 9.71. The highest BCUT2D eigenvalue weighted by atomic mass is 16.5. The van der Waals surface area contributed by atoms with E-state index in [0.717, 1.165) is 12.8 Å². The molecule has 0 bridgehead atoms. The summed E-state index contributed by atoms with van der Waals surface area (Å²) >= 11 is 0. The molecule has 4 heteroatoms. The van der Waals surface area contributed by atoms with Gasteiger partial charge in [0.1, 0.15) is 30.0 Å². The van der Waals surface area contributed by atoms with Crippen molar-refractivity contribution >= 4 is 11.0 Å². The smallest absolute Gasteiger partial charge is 0.200 e. The predicted octanol–water partition coefficient (Wildman–Crippen LogP) is 6.24. The zero-order valence-corrected chi connectivity index (χ0v) is 17.1. The molecule has 3 aromatic rings. The average Bonchev–Trinajstić information content (AvgIpc) is 2.69. The van der Waals surface area contributed by atoms with Crippen LogP contribution in [-0.2, 0) is 0 Å². The number of hydrogen-bond donors (Lipinski definition) is 1. The van der Waals surface area contributed by atoms with Crippen LogP contribution in [0.2, 0.25) is 0 Å². The Bertz CT molecular complexity index is 1100. The average molecular weight is 390 g/mol. The molecule has 0 aliphatic heterocycles. The van der Waals surface area contributed by atoms with E-state index in [2.05, 4.69) is 32.9 Å². The summed E-state index contributed by atoms with van der Waals surface area (Å²) in [6, 6.07) is 11.7. The van der Waals surface area contributed by atoms with Crippen LogP contribution in [0.5, 0.6) is 11.5 Å². The van der Waals surface area contributed by atoms with Crippen LogP contribution in [0, 0.1) is 0 Å². The number of phenols is 1. The molecule has 0 unspecified atom stereocenters. The van der Waals surface area contributed by atoms with E-state index < -0.39 is 0 Å². The number of allylic oxidation sites excluding steroid dienone is 3. The fourth-order valence-electron chi connectivity index (χ4n) is 3.01. The second kappa shape index (κ2) is 9.28. The van der Waals surface area contributed by atoms with E-state index in [1.165, 1.54) is 17.4 Å². The Morgan fingerprint density at radius 2 is 1.83 bits per heavy atom. The van der Waals surface area contributed by atoms with Crippen molar-refractivity contribution < 1.29 is 14.3 Å². The quantitative estimate of drug-likeness (QED) is 0.485. The van der Waals surface area contributed by atoms with Crippen molar-refractivity contribution in [2.75, 3.05) is 6.61 Å². The maximum Gasteiger partial charge on any atom is 0.200 e.